The van der Waals surface area contributed by atoms with Gasteiger partial charge in [0.25, 0.3) is 11.8 Å². The van der Waals surface area contributed by atoms with Crippen molar-refractivity contribution in [2.75, 3.05) is 6.61 Å². The predicted octanol–water partition coefficient (Wildman–Crippen LogP) is 0.824. The van der Waals surface area contributed by atoms with E-state index in [2.05, 4.69) is 5.32 Å². The van der Waals surface area contributed by atoms with Gasteiger partial charge in [-0.2, -0.15) is 0 Å². The monoisotopic (exact) mass is 387 g/mol. The summed E-state index contributed by atoms with van der Waals surface area (Å²) in [6.45, 7) is 2.47. The van der Waals surface area contributed by atoms with Gasteiger partial charge in [-0.25, -0.2) is 4.39 Å². The molecule has 1 aromatic carbocycles. The number of rotatable bonds is 3. The minimum atomic E-state index is -0.914. The second kappa shape index (κ2) is 6.75. The Kier molecular flexibility index (Phi) is 4.38. The van der Waals surface area contributed by atoms with Crippen molar-refractivity contribution in [3.8, 4) is 5.75 Å². The van der Waals surface area contributed by atoms with Crippen molar-refractivity contribution in [2.24, 2.45) is 0 Å². The molecule has 8 nitrogen and oxygen atoms in total. The zero-order valence-corrected chi connectivity index (χ0v) is 15.0. The number of carbonyl (C=O) groups is 2. The maximum Gasteiger partial charge on any atom is 0.276 e. The lowest BCUT2D eigenvalue weighted by Gasteiger charge is -2.33. The van der Waals surface area contributed by atoms with Crippen LogP contribution in [-0.4, -0.2) is 45.3 Å². The first-order chi connectivity index (χ1) is 13.4. The average molecular weight is 387 g/mol. The Balaban J connectivity index is 1.62. The van der Waals surface area contributed by atoms with E-state index in [1.165, 1.54) is 39.9 Å². The van der Waals surface area contributed by atoms with Crippen LogP contribution in [0.4, 0.5) is 4.39 Å². The van der Waals surface area contributed by atoms with Gasteiger partial charge < -0.3 is 24.6 Å². The molecule has 9 heteroatoms. The van der Waals surface area contributed by atoms with Crippen LogP contribution >= 0.6 is 0 Å². The molecule has 0 spiro atoms. The molecule has 0 aliphatic carbocycles. The van der Waals surface area contributed by atoms with Crippen LogP contribution in [0, 0.1) is 5.82 Å². The number of nitrogens with one attached hydrogen (secondary N) is 1. The summed E-state index contributed by atoms with van der Waals surface area (Å²) in [5.74, 6) is -2.35. The van der Waals surface area contributed by atoms with E-state index in [1.54, 1.807) is 0 Å². The van der Waals surface area contributed by atoms with Gasteiger partial charge in [-0.05, 0) is 24.6 Å². The molecule has 2 aliphatic rings. The number of aromatic hydroxyl groups is 1. The molecule has 2 atom stereocenters. The third-order valence-corrected chi connectivity index (χ3v) is 4.97. The molecule has 0 bridgehead atoms. The van der Waals surface area contributed by atoms with Gasteiger partial charge in [0.15, 0.2) is 17.7 Å². The Labute approximate surface area is 159 Å². The first-order valence-corrected chi connectivity index (χ1v) is 8.80. The van der Waals surface area contributed by atoms with Crippen molar-refractivity contribution >= 4 is 11.8 Å². The summed E-state index contributed by atoms with van der Waals surface area (Å²) < 4.78 is 19.9. The molecular weight excluding hydrogens is 369 g/mol. The van der Waals surface area contributed by atoms with E-state index in [-0.39, 0.29) is 30.4 Å². The number of hydrogen-bond donors (Lipinski definition) is 2. The van der Waals surface area contributed by atoms with Crippen molar-refractivity contribution < 1.29 is 23.8 Å². The van der Waals surface area contributed by atoms with E-state index in [9.17, 15) is 23.9 Å². The summed E-state index contributed by atoms with van der Waals surface area (Å²) >= 11 is 0. The highest BCUT2D eigenvalue weighted by molar-refractivity contribution is 5.99. The third kappa shape index (κ3) is 2.93. The Morgan fingerprint density at radius 1 is 1.32 bits per heavy atom. The predicted molar refractivity (Wildman–Crippen MR) is 95.3 cm³/mol. The molecule has 3 heterocycles. The fourth-order valence-electron chi connectivity index (χ4n) is 3.52. The van der Waals surface area contributed by atoms with E-state index >= 15 is 0 Å². The third-order valence-electron chi connectivity index (χ3n) is 4.97. The Morgan fingerprint density at radius 2 is 2.04 bits per heavy atom. The highest BCUT2D eigenvalue weighted by Crippen LogP contribution is 2.29. The SMILES string of the molecule is C[C@H]1CO[C@H]2Cn3cc(C(=O)NCc4ccc(F)cc4)c(=O)c(O)c3C(=O)N21. The van der Waals surface area contributed by atoms with Gasteiger partial charge in [0.2, 0.25) is 5.43 Å². The quantitative estimate of drug-likeness (QED) is 0.812. The second-order valence-corrected chi connectivity index (χ2v) is 6.88. The topological polar surface area (TPSA) is 101 Å². The van der Waals surface area contributed by atoms with Gasteiger partial charge in [0, 0.05) is 12.7 Å². The molecule has 2 aliphatic heterocycles. The number of fused-ring (bicyclic) bond motifs is 2. The zero-order chi connectivity index (χ0) is 20.0. The number of aromatic nitrogens is 1. The maximum absolute atomic E-state index is 13.0. The lowest BCUT2D eigenvalue weighted by Crippen LogP contribution is -2.49. The van der Waals surface area contributed by atoms with Crippen LogP contribution in [0.1, 0.15) is 33.3 Å². The smallest absolute Gasteiger partial charge is 0.276 e. The van der Waals surface area contributed by atoms with E-state index in [1.807, 2.05) is 6.92 Å². The van der Waals surface area contributed by atoms with Crippen molar-refractivity contribution in [1.82, 2.24) is 14.8 Å². The first-order valence-electron chi connectivity index (χ1n) is 8.80. The van der Waals surface area contributed by atoms with E-state index in [0.717, 1.165) is 0 Å². The molecule has 0 saturated carbocycles. The number of carbonyl (C=O) groups excluding carboxylic acids is 2. The highest BCUT2D eigenvalue weighted by Gasteiger charge is 2.42. The normalized spacial score (nSPS) is 20.6. The summed E-state index contributed by atoms with van der Waals surface area (Å²) in [5, 5.41) is 12.9. The first kappa shape index (κ1) is 18.2. The summed E-state index contributed by atoms with van der Waals surface area (Å²) in [5.41, 5.74) is -0.692. The molecule has 2 amide bonds. The van der Waals surface area contributed by atoms with E-state index < -0.39 is 35.0 Å². The van der Waals surface area contributed by atoms with Crippen LogP contribution in [0.15, 0.2) is 35.3 Å². The van der Waals surface area contributed by atoms with Crippen LogP contribution in [0.25, 0.3) is 0 Å². The largest absolute Gasteiger partial charge is 0.503 e. The molecular formula is C19H18FN3O5. The maximum atomic E-state index is 13.0. The lowest BCUT2D eigenvalue weighted by molar-refractivity contribution is 0.00624. The molecule has 4 rings (SSSR count). The number of nitrogens with zero attached hydrogens (tertiary/aromatic N) is 2. The average Bonchev–Trinajstić information content (AvgIpc) is 3.04. The fourth-order valence-corrected chi connectivity index (χ4v) is 3.52. The molecule has 28 heavy (non-hydrogen) atoms. The minimum Gasteiger partial charge on any atom is -0.503 e. The summed E-state index contributed by atoms with van der Waals surface area (Å²) in [4.78, 5) is 39.1. The molecule has 2 N–H and O–H groups in total. The molecule has 2 aromatic rings. The van der Waals surface area contributed by atoms with Gasteiger partial charge >= 0.3 is 0 Å². The van der Waals surface area contributed by atoms with Crippen LogP contribution in [-0.2, 0) is 17.8 Å². The summed E-state index contributed by atoms with van der Waals surface area (Å²) in [6, 6.07) is 5.39. The number of hydrogen-bond acceptors (Lipinski definition) is 5. The summed E-state index contributed by atoms with van der Waals surface area (Å²) in [7, 11) is 0. The highest BCUT2D eigenvalue weighted by atomic mass is 19.1. The Bertz CT molecular complexity index is 1020. The minimum absolute atomic E-state index is 0.0804. The lowest BCUT2D eigenvalue weighted by atomic mass is 10.1. The molecule has 1 aromatic heterocycles. The second-order valence-electron chi connectivity index (χ2n) is 6.88. The molecule has 0 unspecified atom stereocenters. The number of ether oxygens (including phenoxy) is 1. The van der Waals surface area contributed by atoms with Gasteiger partial charge in [-0.3, -0.25) is 14.4 Å². The number of halogens is 1. The van der Waals surface area contributed by atoms with Gasteiger partial charge in [-0.15, -0.1) is 0 Å². The van der Waals surface area contributed by atoms with E-state index in [4.69, 9.17) is 4.74 Å². The van der Waals surface area contributed by atoms with Crippen LogP contribution in [0.3, 0.4) is 0 Å². The Hall–Kier alpha value is -3.20. The van der Waals surface area contributed by atoms with Crippen LogP contribution in [0.2, 0.25) is 0 Å². The standard InChI is InChI=1S/C19H18FN3O5/c1-10-9-28-14-8-22-7-13(16(24)17(25)15(22)19(27)23(10)14)18(26)21-6-11-2-4-12(20)5-3-11/h2-5,7,10,14,25H,6,8-9H2,1H3,(H,21,26)/t10-,14-/m0/s1. The van der Waals surface area contributed by atoms with E-state index in [0.29, 0.717) is 12.2 Å². The number of amides is 2. The van der Waals surface area contributed by atoms with Crippen molar-refractivity contribution in [1.29, 1.82) is 0 Å². The van der Waals surface area contributed by atoms with Gasteiger partial charge in [0.05, 0.1) is 19.2 Å². The zero-order valence-electron chi connectivity index (χ0n) is 15.0. The molecule has 1 saturated heterocycles. The fraction of sp³-hybridized carbons (Fsp3) is 0.316. The number of pyridine rings is 1. The van der Waals surface area contributed by atoms with Crippen molar-refractivity contribution in [3.63, 3.8) is 0 Å². The molecule has 1 fully saturated rings. The van der Waals surface area contributed by atoms with Crippen LogP contribution in [0.5, 0.6) is 5.75 Å². The molecule has 0 radical (unpaired) electrons. The van der Waals surface area contributed by atoms with Crippen molar-refractivity contribution in [3.05, 3.63) is 63.3 Å². The Morgan fingerprint density at radius 3 is 2.75 bits per heavy atom. The van der Waals surface area contributed by atoms with Crippen LogP contribution < -0.4 is 10.7 Å². The van der Waals surface area contributed by atoms with Gasteiger partial charge in [-0.1, -0.05) is 12.1 Å². The van der Waals surface area contributed by atoms with Gasteiger partial charge in [0.1, 0.15) is 11.4 Å². The molecule has 146 valence electrons. The van der Waals surface area contributed by atoms with Crippen molar-refractivity contribution in [2.45, 2.75) is 32.3 Å². The number of benzene rings is 1. The summed E-state index contributed by atoms with van der Waals surface area (Å²) in [6.07, 6.45) is 0.755.